The summed E-state index contributed by atoms with van der Waals surface area (Å²) in [6.07, 6.45) is 3.56. The lowest BCUT2D eigenvalue weighted by molar-refractivity contribution is 0.0575. The first-order chi connectivity index (χ1) is 9.56. The Balaban J connectivity index is 2.24. The molecule has 2 atom stereocenters. The maximum Gasteiger partial charge on any atom is 0.254 e. The van der Waals surface area contributed by atoms with Gasteiger partial charge in [-0.25, -0.2) is 0 Å². The molecule has 110 valence electrons. The Morgan fingerprint density at radius 3 is 2.75 bits per heavy atom. The molecule has 1 amide bonds. The summed E-state index contributed by atoms with van der Waals surface area (Å²) in [7, 11) is 1.68. The van der Waals surface area contributed by atoms with E-state index in [4.69, 9.17) is 0 Å². The van der Waals surface area contributed by atoms with Gasteiger partial charge in [0, 0.05) is 50.0 Å². The molecule has 0 bridgehead atoms. The van der Waals surface area contributed by atoms with E-state index in [9.17, 15) is 9.59 Å². The molecule has 5 heteroatoms. The van der Waals surface area contributed by atoms with Crippen LogP contribution in [0.5, 0.6) is 0 Å². The molecular formula is C15H23N3O2. The fourth-order valence-electron chi connectivity index (χ4n) is 2.60. The summed E-state index contributed by atoms with van der Waals surface area (Å²) < 4.78 is 1.47. The molecule has 1 fully saturated rings. The lowest BCUT2D eigenvalue weighted by atomic mass is 10.0. The molecular weight excluding hydrogens is 254 g/mol. The second kappa shape index (κ2) is 6.22. The zero-order valence-electron chi connectivity index (χ0n) is 12.4. The average molecular weight is 277 g/mol. The number of hydrogen-bond acceptors (Lipinski definition) is 3. The maximum atomic E-state index is 12.6. The van der Waals surface area contributed by atoms with E-state index in [0.29, 0.717) is 18.2 Å². The molecule has 0 aliphatic carbocycles. The highest BCUT2D eigenvalue weighted by atomic mass is 16.2. The second-order valence-corrected chi connectivity index (χ2v) is 5.40. The number of nitrogens with zero attached hydrogens (tertiary/aromatic N) is 2. The maximum absolute atomic E-state index is 12.6. The second-order valence-electron chi connectivity index (χ2n) is 5.40. The Bertz CT molecular complexity index is 538. The minimum atomic E-state index is -0.147. The molecule has 0 saturated carbocycles. The van der Waals surface area contributed by atoms with Gasteiger partial charge in [0.2, 0.25) is 0 Å². The van der Waals surface area contributed by atoms with Gasteiger partial charge in [-0.3, -0.25) is 9.59 Å². The highest BCUT2D eigenvalue weighted by Crippen LogP contribution is 2.15. The largest absolute Gasteiger partial charge is 0.333 e. The molecule has 1 N–H and O–H groups in total. The molecule has 0 aromatic carbocycles. The number of pyridine rings is 1. The number of amides is 1. The lowest BCUT2D eigenvalue weighted by Crippen LogP contribution is -2.58. The Morgan fingerprint density at radius 2 is 2.15 bits per heavy atom. The van der Waals surface area contributed by atoms with E-state index in [1.165, 1.54) is 10.6 Å². The molecule has 0 radical (unpaired) electrons. The Labute approximate surface area is 119 Å². The van der Waals surface area contributed by atoms with Crippen molar-refractivity contribution in [1.82, 2.24) is 14.8 Å². The smallest absolute Gasteiger partial charge is 0.254 e. The molecule has 2 heterocycles. The molecule has 1 aliphatic heterocycles. The van der Waals surface area contributed by atoms with Crippen LogP contribution < -0.4 is 10.9 Å². The van der Waals surface area contributed by atoms with Crippen LogP contribution >= 0.6 is 0 Å². The number of aromatic nitrogens is 1. The van der Waals surface area contributed by atoms with Crippen molar-refractivity contribution in [2.45, 2.75) is 38.8 Å². The average Bonchev–Trinajstić information content (AvgIpc) is 2.48. The van der Waals surface area contributed by atoms with E-state index in [1.54, 1.807) is 19.3 Å². The molecule has 1 saturated heterocycles. The topological polar surface area (TPSA) is 54.3 Å². The molecule has 2 unspecified atom stereocenters. The van der Waals surface area contributed by atoms with Crippen LogP contribution in [-0.4, -0.2) is 40.5 Å². The molecule has 5 nitrogen and oxygen atoms in total. The normalized spacial score (nSPS) is 22.9. The number of aryl methyl sites for hydroxylation is 1. The van der Waals surface area contributed by atoms with Crippen LogP contribution in [0, 0.1) is 0 Å². The fourth-order valence-corrected chi connectivity index (χ4v) is 2.60. The van der Waals surface area contributed by atoms with Gasteiger partial charge in [-0.1, -0.05) is 13.8 Å². The van der Waals surface area contributed by atoms with Crippen molar-refractivity contribution in [3.63, 3.8) is 0 Å². The van der Waals surface area contributed by atoms with Crippen LogP contribution in [-0.2, 0) is 7.05 Å². The van der Waals surface area contributed by atoms with Gasteiger partial charge in [0.05, 0.1) is 0 Å². The van der Waals surface area contributed by atoms with E-state index >= 15 is 0 Å². The van der Waals surface area contributed by atoms with Gasteiger partial charge in [-0.2, -0.15) is 0 Å². The molecule has 2 rings (SSSR count). The van der Waals surface area contributed by atoms with E-state index in [0.717, 1.165) is 19.4 Å². The van der Waals surface area contributed by atoms with Crippen molar-refractivity contribution in [2.75, 3.05) is 13.1 Å². The van der Waals surface area contributed by atoms with Gasteiger partial charge in [0.15, 0.2) is 0 Å². The van der Waals surface area contributed by atoms with Gasteiger partial charge in [0.1, 0.15) is 0 Å². The summed E-state index contributed by atoms with van der Waals surface area (Å²) in [6.45, 7) is 5.74. The van der Waals surface area contributed by atoms with Crippen LogP contribution in [0.4, 0.5) is 0 Å². The van der Waals surface area contributed by atoms with Crippen LogP contribution in [0.2, 0.25) is 0 Å². The Morgan fingerprint density at radius 1 is 1.40 bits per heavy atom. The van der Waals surface area contributed by atoms with Gasteiger partial charge < -0.3 is 14.8 Å². The molecule has 0 spiro atoms. The summed E-state index contributed by atoms with van der Waals surface area (Å²) in [4.78, 5) is 26.2. The minimum Gasteiger partial charge on any atom is -0.333 e. The molecule has 1 aromatic rings. The van der Waals surface area contributed by atoms with Gasteiger partial charge in [-0.05, 0) is 18.9 Å². The van der Waals surface area contributed by atoms with Crippen LogP contribution in [0.3, 0.4) is 0 Å². The van der Waals surface area contributed by atoms with E-state index < -0.39 is 0 Å². The fraction of sp³-hybridized carbons (Fsp3) is 0.600. The van der Waals surface area contributed by atoms with Crippen LogP contribution in [0.15, 0.2) is 23.1 Å². The Kier molecular flexibility index (Phi) is 4.60. The van der Waals surface area contributed by atoms with Crippen molar-refractivity contribution in [1.29, 1.82) is 0 Å². The summed E-state index contributed by atoms with van der Waals surface area (Å²) in [5.74, 6) is -0.0329. The number of carbonyl (C=O) groups is 1. The minimum absolute atomic E-state index is 0.0329. The number of rotatable bonds is 3. The third-order valence-corrected chi connectivity index (χ3v) is 4.08. The van der Waals surface area contributed by atoms with Crippen molar-refractivity contribution >= 4 is 5.91 Å². The number of hydrogen-bond donors (Lipinski definition) is 1. The number of carbonyl (C=O) groups excluding carboxylic acids is 1. The first kappa shape index (κ1) is 14.8. The lowest BCUT2D eigenvalue weighted by Gasteiger charge is -2.40. The standard InChI is InChI=1S/C15H23N3O2/c1-4-12-10-18(13(5-2)9-16-12)15(20)11-6-7-17(3)14(19)8-11/h6-8,12-13,16H,4-5,9-10H2,1-3H3. The number of nitrogens with one attached hydrogen (secondary N) is 1. The third kappa shape index (κ3) is 2.93. The summed E-state index contributed by atoms with van der Waals surface area (Å²) >= 11 is 0. The zero-order chi connectivity index (χ0) is 14.7. The first-order valence-corrected chi connectivity index (χ1v) is 7.27. The molecule has 1 aromatic heterocycles. The molecule has 1 aliphatic rings. The van der Waals surface area contributed by atoms with Crippen LogP contribution in [0.25, 0.3) is 0 Å². The zero-order valence-corrected chi connectivity index (χ0v) is 12.4. The number of piperazine rings is 1. The predicted molar refractivity (Wildman–Crippen MR) is 78.9 cm³/mol. The SMILES string of the molecule is CCC1CN(C(=O)c2ccn(C)c(=O)c2)C(CC)CN1. The predicted octanol–water partition coefficient (Wildman–Crippen LogP) is 0.988. The van der Waals surface area contributed by atoms with Crippen molar-refractivity contribution < 1.29 is 4.79 Å². The van der Waals surface area contributed by atoms with E-state index in [-0.39, 0.29) is 17.5 Å². The highest BCUT2D eigenvalue weighted by Gasteiger charge is 2.30. The van der Waals surface area contributed by atoms with E-state index in [1.807, 2.05) is 4.90 Å². The summed E-state index contributed by atoms with van der Waals surface area (Å²) in [6, 6.07) is 3.69. The van der Waals surface area contributed by atoms with E-state index in [2.05, 4.69) is 19.2 Å². The van der Waals surface area contributed by atoms with Crippen molar-refractivity contribution in [3.8, 4) is 0 Å². The summed E-state index contributed by atoms with van der Waals surface area (Å²) in [5, 5.41) is 3.47. The highest BCUT2D eigenvalue weighted by molar-refractivity contribution is 5.94. The monoisotopic (exact) mass is 277 g/mol. The first-order valence-electron chi connectivity index (χ1n) is 7.27. The van der Waals surface area contributed by atoms with Gasteiger partial charge >= 0.3 is 0 Å². The third-order valence-electron chi connectivity index (χ3n) is 4.08. The van der Waals surface area contributed by atoms with Crippen molar-refractivity contribution in [2.24, 2.45) is 7.05 Å². The van der Waals surface area contributed by atoms with Crippen LogP contribution in [0.1, 0.15) is 37.0 Å². The quantitative estimate of drug-likeness (QED) is 0.896. The van der Waals surface area contributed by atoms with Crippen molar-refractivity contribution in [3.05, 3.63) is 34.2 Å². The van der Waals surface area contributed by atoms with Gasteiger partial charge in [-0.15, -0.1) is 0 Å². The van der Waals surface area contributed by atoms with Gasteiger partial charge in [0.25, 0.3) is 11.5 Å². The molecule has 20 heavy (non-hydrogen) atoms. The Hall–Kier alpha value is -1.62. The summed E-state index contributed by atoms with van der Waals surface area (Å²) in [5.41, 5.74) is 0.342.